The number of amides is 1. The summed E-state index contributed by atoms with van der Waals surface area (Å²) in [5.74, 6) is 0.325. The Kier molecular flexibility index (Phi) is 3.83. The van der Waals surface area contributed by atoms with Crippen LogP contribution in [0.3, 0.4) is 0 Å². The molecule has 0 bridgehead atoms. The molecule has 3 nitrogen and oxygen atoms in total. The molecule has 0 radical (unpaired) electrons. The molecule has 1 N–H and O–H groups in total. The van der Waals surface area contributed by atoms with Crippen LogP contribution in [0, 0.1) is 0 Å². The quantitative estimate of drug-likeness (QED) is 0.879. The SMILES string of the molecule is O=C(CC1CCCN1)N(Cc1ccccc1)C1CC1. The summed E-state index contributed by atoms with van der Waals surface area (Å²) in [7, 11) is 0. The number of nitrogens with zero attached hydrogens (tertiary/aromatic N) is 1. The third-order valence-corrected chi connectivity index (χ3v) is 4.09. The van der Waals surface area contributed by atoms with Crippen LogP contribution in [0.15, 0.2) is 30.3 Å². The number of benzene rings is 1. The molecule has 3 rings (SSSR count). The highest BCUT2D eigenvalue weighted by atomic mass is 16.2. The lowest BCUT2D eigenvalue weighted by Gasteiger charge is -2.24. The first kappa shape index (κ1) is 12.7. The molecule has 1 atom stereocenters. The number of nitrogens with one attached hydrogen (secondary N) is 1. The van der Waals surface area contributed by atoms with E-state index in [2.05, 4.69) is 22.3 Å². The average Bonchev–Trinajstić information content (AvgIpc) is 3.15. The topological polar surface area (TPSA) is 32.3 Å². The second-order valence-corrected chi connectivity index (χ2v) is 5.74. The third-order valence-electron chi connectivity index (χ3n) is 4.09. The van der Waals surface area contributed by atoms with Crippen molar-refractivity contribution in [3.63, 3.8) is 0 Å². The Bertz CT molecular complexity index is 422. The Labute approximate surface area is 115 Å². The second kappa shape index (κ2) is 5.74. The van der Waals surface area contributed by atoms with Gasteiger partial charge in [0.25, 0.3) is 0 Å². The molecule has 1 amide bonds. The van der Waals surface area contributed by atoms with E-state index in [-0.39, 0.29) is 0 Å². The molecular weight excluding hydrogens is 236 g/mol. The Hall–Kier alpha value is -1.35. The smallest absolute Gasteiger partial charge is 0.224 e. The van der Waals surface area contributed by atoms with E-state index in [0.717, 1.165) is 19.5 Å². The fourth-order valence-corrected chi connectivity index (χ4v) is 2.85. The number of hydrogen-bond donors (Lipinski definition) is 1. The van der Waals surface area contributed by atoms with Gasteiger partial charge in [-0.05, 0) is 37.8 Å². The Balaban J connectivity index is 1.61. The maximum Gasteiger partial charge on any atom is 0.224 e. The molecule has 0 aromatic heterocycles. The van der Waals surface area contributed by atoms with E-state index in [9.17, 15) is 4.79 Å². The van der Waals surface area contributed by atoms with Crippen molar-refractivity contribution in [2.24, 2.45) is 0 Å². The molecule has 1 aromatic rings. The second-order valence-electron chi connectivity index (χ2n) is 5.74. The number of carbonyl (C=O) groups is 1. The van der Waals surface area contributed by atoms with E-state index in [1.54, 1.807) is 0 Å². The summed E-state index contributed by atoms with van der Waals surface area (Å²) < 4.78 is 0. The number of hydrogen-bond acceptors (Lipinski definition) is 2. The van der Waals surface area contributed by atoms with Crippen molar-refractivity contribution < 1.29 is 4.79 Å². The van der Waals surface area contributed by atoms with Crippen molar-refractivity contribution in [2.45, 2.75) is 50.7 Å². The summed E-state index contributed by atoms with van der Waals surface area (Å²) >= 11 is 0. The average molecular weight is 258 g/mol. The fraction of sp³-hybridized carbons (Fsp3) is 0.562. The van der Waals surface area contributed by atoms with Crippen LogP contribution < -0.4 is 5.32 Å². The highest BCUT2D eigenvalue weighted by Gasteiger charge is 2.33. The first-order valence-corrected chi connectivity index (χ1v) is 7.40. The fourth-order valence-electron chi connectivity index (χ4n) is 2.85. The van der Waals surface area contributed by atoms with E-state index < -0.39 is 0 Å². The summed E-state index contributed by atoms with van der Waals surface area (Å²) in [6, 6.07) is 11.2. The van der Waals surface area contributed by atoms with Crippen molar-refractivity contribution in [1.29, 1.82) is 0 Å². The van der Waals surface area contributed by atoms with Gasteiger partial charge in [-0.25, -0.2) is 0 Å². The van der Waals surface area contributed by atoms with Crippen molar-refractivity contribution in [1.82, 2.24) is 10.2 Å². The number of rotatable bonds is 5. The molecule has 1 saturated carbocycles. The number of carbonyl (C=O) groups excluding carboxylic acids is 1. The summed E-state index contributed by atoms with van der Waals surface area (Å²) in [6.07, 6.45) is 5.38. The minimum Gasteiger partial charge on any atom is -0.335 e. The summed E-state index contributed by atoms with van der Waals surface area (Å²) in [6.45, 7) is 1.84. The Morgan fingerprint density at radius 3 is 2.63 bits per heavy atom. The highest BCUT2D eigenvalue weighted by Crippen LogP contribution is 2.29. The monoisotopic (exact) mass is 258 g/mol. The van der Waals surface area contributed by atoms with Crippen LogP contribution in [0.25, 0.3) is 0 Å². The third kappa shape index (κ3) is 3.35. The van der Waals surface area contributed by atoms with E-state index in [1.807, 2.05) is 18.2 Å². The first-order chi connectivity index (χ1) is 9.33. The zero-order chi connectivity index (χ0) is 13.1. The Morgan fingerprint density at radius 2 is 2.00 bits per heavy atom. The van der Waals surface area contributed by atoms with Crippen LogP contribution in [-0.4, -0.2) is 29.4 Å². The highest BCUT2D eigenvalue weighted by molar-refractivity contribution is 5.77. The summed E-state index contributed by atoms with van der Waals surface area (Å²) in [5.41, 5.74) is 1.24. The Morgan fingerprint density at radius 1 is 1.21 bits per heavy atom. The van der Waals surface area contributed by atoms with Crippen molar-refractivity contribution in [3.8, 4) is 0 Å². The largest absolute Gasteiger partial charge is 0.335 e. The predicted molar refractivity (Wildman–Crippen MR) is 75.7 cm³/mol. The minimum absolute atomic E-state index is 0.325. The van der Waals surface area contributed by atoms with Crippen molar-refractivity contribution >= 4 is 5.91 Å². The van der Waals surface area contributed by atoms with Gasteiger partial charge in [-0.3, -0.25) is 4.79 Å². The minimum atomic E-state index is 0.325. The van der Waals surface area contributed by atoms with Crippen molar-refractivity contribution in [2.75, 3.05) is 6.54 Å². The van der Waals surface area contributed by atoms with Gasteiger partial charge in [0.15, 0.2) is 0 Å². The van der Waals surface area contributed by atoms with Gasteiger partial charge in [0.2, 0.25) is 5.91 Å². The van der Waals surface area contributed by atoms with Gasteiger partial charge in [0.05, 0.1) is 0 Å². The normalized spacial score (nSPS) is 22.4. The van der Waals surface area contributed by atoms with E-state index in [1.165, 1.54) is 24.8 Å². The van der Waals surface area contributed by atoms with Crippen LogP contribution in [0.2, 0.25) is 0 Å². The van der Waals surface area contributed by atoms with Gasteiger partial charge >= 0.3 is 0 Å². The standard InChI is InChI=1S/C16H22N2O/c19-16(11-14-7-4-10-17-14)18(15-8-9-15)12-13-5-2-1-3-6-13/h1-3,5-6,14-15,17H,4,7-12H2. The molecular formula is C16H22N2O. The van der Waals surface area contributed by atoms with E-state index in [0.29, 0.717) is 24.4 Å². The van der Waals surface area contributed by atoms with Crippen LogP contribution >= 0.6 is 0 Å². The summed E-state index contributed by atoms with van der Waals surface area (Å²) in [4.78, 5) is 14.6. The zero-order valence-corrected chi connectivity index (χ0v) is 11.3. The molecule has 19 heavy (non-hydrogen) atoms. The molecule has 1 heterocycles. The lowest BCUT2D eigenvalue weighted by molar-refractivity contribution is -0.132. The molecule has 1 unspecified atom stereocenters. The van der Waals surface area contributed by atoms with Crippen LogP contribution in [0.5, 0.6) is 0 Å². The molecule has 3 heteroatoms. The van der Waals surface area contributed by atoms with Crippen molar-refractivity contribution in [3.05, 3.63) is 35.9 Å². The molecule has 2 aliphatic rings. The van der Waals surface area contributed by atoms with Gasteiger partial charge in [-0.2, -0.15) is 0 Å². The van der Waals surface area contributed by atoms with Gasteiger partial charge in [-0.1, -0.05) is 30.3 Å². The molecule has 2 fully saturated rings. The van der Waals surface area contributed by atoms with E-state index >= 15 is 0 Å². The molecule has 0 spiro atoms. The molecule has 1 aromatic carbocycles. The van der Waals surface area contributed by atoms with Crippen LogP contribution in [0.1, 0.15) is 37.7 Å². The zero-order valence-electron chi connectivity index (χ0n) is 11.3. The predicted octanol–water partition coefficient (Wildman–Crippen LogP) is 2.32. The molecule has 1 aliphatic heterocycles. The van der Waals surface area contributed by atoms with Gasteiger partial charge in [0, 0.05) is 25.0 Å². The van der Waals surface area contributed by atoms with E-state index in [4.69, 9.17) is 0 Å². The lowest BCUT2D eigenvalue weighted by atomic mass is 10.1. The first-order valence-electron chi connectivity index (χ1n) is 7.40. The van der Waals surface area contributed by atoms with Gasteiger partial charge < -0.3 is 10.2 Å². The van der Waals surface area contributed by atoms with Gasteiger partial charge in [0.1, 0.15) is 0 Å². The molecule has 102 valence electrons. The molecule has 1 saturated heterocycles. The maximum atomic E-state index is 12.5. The van der Waals surface area contributed by atoms with Crippen LogP contribution in [0.4, 0.5) is 0 Å². The lowest BCUT2D eigenvalue weighted by Crippen LogP contribution is -2.37. The van der Waals surface area contributed by atoms with Gasteiger partial charge in [-0.15, -0.1) is 0 Å². The maximum absolute atomic E-state index is 12.5. The molecule has 1 aliphatic carbocycles. The summed E-state index contributed by atoms with van der Waals surface area (Å²) in [5, 5.41) is 3.42. The van der Waals surface area contributed by atoms with Crippen LogP contribution in [-0.2, 0) is 11.3 Å².